The zero-order chi connectivity index (χ0) is 18.3. The third-order valence-corrected chi connectivity index (χ3v) is 5.97. The lowest BCUT2D eigenvalue weighted by atomic mass is 9.86. The van der Waals surface area contributed by atoms with E-state index in [-0.39, 0.29) is 0 Å². The zero-order valence-electron chi connectivity index (χ0n) is 16.0. The van der Waals surface area contributed by atoms with Gasteiger partial charge in [0.15, 0.2) is 0 Å². The lowest BCUT2D eigenvalue weighted by Crippen LogP contribution is -2.34. The van der Waals surface area contributed by atoms with E-state index in [0.29, 0.717) is 24.0 Å². The van der Waals surface area contributed by atoms with Crippen molar-refractivity contribution >= 4 is 0 Å². The summed E-state index contributed by atoms with van der Waals surface area (Å²) in [5.41, 5.74) is 2.74. The van der Waals surface area contributed by atoms with Crippen LogP contribution in [0.3, 0.4) is 0 Å². The van der Waals surface area contributed by atoms with E-state index in [0.717, 1.165) is 52.1 Å². The van der Waals surface area contributed by atoms with E-state index in [1.54, 1.807) is 0 Å². The van der Waals surface area contributed by atoms with E-state index in [2.05, 4.69) is 60.7 Å². The molecule has 0 saturated carbocycles. The van der Waals surface area contributed by atoms with Gasteiger partial charge in [0.1, 0.15) is 0 Å². The first kappa shape index (κ1) is 18.7. The second-order valence-electron chi connectivity index (χ2n) is 7.62. The van der Waals surface area contributed by atoms with Crippen molar-refractivity contribution in [1.29, 1.82) is 0 Å². The third kappa shape index (κ3) is 4.78. The molecule has 4 atom stereocenters. The van der Waals surface area contributed by atoms with Crippen LogP contribution in [0.1, 0.15) is 48.6 Å². The Morgan fingerprint density at radius 2 is 1.11 bits per heavy atom. The fraction of sp³-hybridized carbons (Fsp3) is 0.500. The van der Waals surface area contributed by atoms with Gasteiger partial charge in [-0.2, -0.15) is 0 Å². The summed E-state index contributed by atoms with van der Waals surface area (Å²) in [5, 5.41) is 0. The molecule has 0 aromatic heterocycles. The highest BCUT2D eigenvalue weighted by Gasteiger charge is 2.30. The number of hydrogen-bond donors (Lipinski definition) is 0. The molecule has 4 rings (SSSR count). The van der Waals surface area contributed by atoms with Crippen LogP contribution in [-0.4, -0.2) is 38.6 Å². The molecule has 2 fully saturated rings. The summed E-state index contributed by atoms with van der Waals surface area (Å²) in [7, 11) is 0. The number of ether oxygens (including phenoxy) is 3. The Bertz CT molecular complexity index is 605. The number of hydrogen-bond acceptors (Lipinski definition) is 3. The van der Waals surface area contributed by atoms with Gasteiger partial charge in [-0.1, -0.05) is 60.7 Å². The van der Waals surface area contributed by atoms with Crippen molar-refractivity contribution in [3.05, 3.63) is 71.8 Å². The van der Waals surface area contributed by atoms with Crippen molar-refractivity contribution in [2.24, 2.45) is 0 Å². The molecule has 0 amide bonds. The Kier molecular flexibility index (Phi) is 6.57. The minimum Gasteiger partial charge on any atom is -0.381 e. The van der Waals surface area contributed by atoms with Crippen LogP contribution in [0.15, 0.2) is 60.7 Å². The van der Waals surface area contributed by atoms with Gasteiger partial charge in [-0.3, -0.25) is 0 Å². The van der Waals surface area contributed by atoms with Crippen LogP contribution in [0.2, 0.25) is 0 Å². The SMILES string of the molecule is c1ccc(C(CCOCCC(c2ccccc2)C2CCO2)C2CCO2)cc1. The van der Waals surface area contributed by atoms with Crippen LogP contribution in [0.5, 0.6) is 0 Å². The van der Waals surface area contributed by atoms with Crippen LogP contribution >= 0.6 is 0 Å². The average Bonchev–Trinajstić information content (AvgIpc) is 2.64. The normalized spacial score (nSPS) is 23.9. The highest BCUT2D eigenvalue weighted by atomic mass is 16.5. The van der Waals surface area contributed by atoms with Crippen LogP contribution in [0.4, 0.5) is 0 Å². The van der Waals surface area contributed by atoms with Gasteiger partial charge in [-0.05, 0) is 36.8 Å². The topological polar surface area (TPSA) is 27.7 Å². The van der Waals surface area contributed by atoms with E-state index in [4.69, 9.17) is 14.2 Å². The minimum atomic E-state index is 0.358. The Labute approximate surface area is 162 Å². The van der Waals surface area contributed by atoms with Crippen molar-refractivity contribution in [3.63, 3.8) is 0 Å². The van der Waals surface area contributed by atoms with Crippen molar-refractivity contribution < 1.29 is 14.2 Å². The van der Waals surface area contributed by atoms with Gasteiger partial charge in [0.2, 0.25) is 0 Å². The largest absolute Gasteiger partial charge is 0.381 e. The summed E-state index contributed by atoms with van der Waals surface area (Å²) in [4.78, 5) is 0. The van der Waals surface area contributed by atoms with Crippen molar-refractivity contribution in [2.45, 2.75) is 49.7 Å². The third-order valence-electron chi connectivity index (χ3n) is 5.97. The predicted octanol–water partition coefficient (Wildman–Crippen LogP) is 4.93. The first-order valence-corrected chi connectivity index (χ1v) is 10.3. The van der Waals surface area contributed by atoms with Gasteiger partial charge in [0.25, 0.3) is 0 Å². The molecule has 0 radical (unpaired) electrons. The van der Waals surface area contributed by atoms with E-state index in [9.17, 15) is 0 Å². The van der Waals surface area contributed by atoms with Crippen molar-refractivity contribution in [1.82, 2.24) is 0 Å². The van der Waals surface area contributed by atoms with Crippen LogP contribution in [0, 0.1) is 0 Å². The number of rotatable bonds is 10. The predicted molar refractivity (Wildman–Crippen MR) is 107 cm³/mol. The standard InChI is InChI=1S/C24H30O3/c1-3-7-19(8-4-1)21(23-13-17-26-23)11-15-25-16-12-22(24-14-18-27-24)20-9-5-2-6-10-20/h1-10,21-24H,11-18H2. The van der Waals surface area contributed by atoms with Crippen molar-refractivity contribution in [3.8, 4) is 0 Å². The minimum absolute atomic E-state index is 0.358. The van der Waals surface area contributed by atoms with Gasteiger partial charge in [0, 0.05) is 38.3 Å². The fourth-order valence-electron chi connectivity index (χ4n) is 4.20. The van der Waals surface area contributed by atoms with Crippen LogP contribution in [-0.2, 0) is 14.2 Å². The molecule has 0 N–H and O–H groups in total. The molecule has 144 valence electrons. The Hall–Kier alpha value is -1.68. The molecular formula is C24H30O3. The molecule has 0 aliphatic carbocycles. The van der Waals surface area contributed by atoms with Crippen LogP contribution in [0.25, 0.3) is 0 Å². The smallest absolute Gasteiger partial charge is 0.0666 e. The van der Waals surface area contributed by atoms with Gasteiger partial charge >= 0.3 is 0 Å². The zero-order valence-corrected chi connectivity index (χ0v) is 16.0. The highest BCUT2D eigenvalue weighted by Crippen LogP contribution is 2.33. The maximum atomic E-state index is 6.06. The molecule has 2 heterocycles. The van der Waals surface area contributed by atoms with E-state index < -0.39 is 0 Å². The lowest BCUT2D eigenvalue weighted by molar-refractivity contribution is -0.0753. The maximum absolute atomic E-state index is 6.06. The summed E-state index contributed by atoms with van der Waals surface area (Å²) in [6, 6.07) is 21.5. The average molecular weight is 367 g/mol. The van der Waals surface area contributed by atoms with Crippen molar-refractivity contribution in [2.75, 3.05) is 26.4 Å². The first-order valence-electron chi connectivity index (χ1n) is 10.3. The lowest BCUT2D eigenvalue weighted by Gasteiger charge is -2.35. The maximum Gasteiger partial charge on any atom is 0.0666 e. The Balaban J connectivity index is 1.26. The first-order chi connectivity index (χ1) is 13.4. The monoisotopic (exact) mass is 366 g/mol. The summed E-state index contributed by atoms with van der Waals surface area (Å²) >= 11 is 0. The summed E-state index contributed by atoms with van der Waals surface area (Å²) < 4.78 is 17.6. The summed E-state index contributed by atoms with van der Waals surface area (Å²) in [5.74, 6) is 0.889. The molecule has 3 nitrogen and oxygen atoms in total. The van der Waals surface area contributed by atoms with Gasteiger partial charge in [-0.15, -0.1) is 0 Å². The molecule has 3 heteroatoms. The van der Waals surface area contributed by atoms with Crippen LogP contribution < -0.4 is 0 Å². The van der Waals surface area contributed by atoms with E-state index in [1.807, 2.05) is 0 Å². The van der Waals surface area contributed by atoms with Gasteiger partial charge < -0.3 is 14.2 Å². The van der Waals surface area contributed by atoms with E-state index in [1.165, 1.54) is 11.1 Å². The molecule has 2 aromatic rings. The molecule has 0 spiro atoms. The Morgan fingerprint density at radius 3 is 1.44 bits per heavy atom. The molecule has 0 bridgehead atoms. The van der Waals surface area contributed by atoms with Gasteiger partial charge in [-0.25, -0.2) is 0 Å². The highest BCUT2D eigenvalue weighted by molar-refractivity contribution is 5.22. The van der Waals surface area contributed by atoms with E-state index >= 15 is 0 Å². The quantitative estimate of drug-likeness (QED) is 0.558. The molecule has 2 aromatic carbocycles. The molecule has 27 heavy (non-hydrogen) atoms. The fourth-order valence-corrected chi connectivity index (χ4v) is 4.20. The number of benzene rings is 2. The second kappa shape index (κ2) is 9.50. The molecule has 2 aliphatic heterocycles. The second-order valence-corrected chi connectivity index (χ2v) is 7.62. The van der Waals surface area contributed by atoms with Gasteiger partial charge in [0.05, 0.1) is 12.2 Å². The molecule has 2 saturated heterocycles. The molecular weight excluding hydrogens is 336 g/mol. The molecule has 2 aliphatic rings. The molecule has 4 unspecified atom stereocenters. The summed E-state index contributed by atoms with van der Waals surface area (Å²) in [6.07, 6.45) is 5.08. The summed E-state index contributed by atoms with van der Waals surface area (Å²) in [6.45, 7) is 3.36. The Morgan fingerprint density at radius 1 is 0.704 bits per heavy atom.